The van der Waals surface area contributed by atoms with Crippen molar-refractivity contribution in [2.24, 2.45) is 0 Å². The Morgan fingerprint density at radius 1 is 1.05 bits per heavy atom. The van der Waals surface area contributed by atoms with E-state index in [9.17, 15) is 16.8 Å². The Kier molecular flexibility index (Phi) is 4.60. The molecule has 0 unspecified atom stereocenters. The van der Waals surface area contributed by atoms with Gasteiger partial charge in [-0.05, 0) is 50.2 Å². The van der Waals surface area contributed by atoms with Crippen molar-refractivity contribution in [1.29, 1.82) is 0 Å². The van der Waals surface area contributed by atoms with E-state index in [1.165, 1.54) is 31.3 Å². The van der Waals surface area contributed by atoms with E-state index < -0.39 is 19.9 Å². The van der Waals surface area contributed by atoms with Gasteiger partial charge < -0.3 is 5.32 Å². The molecular weight excluding hydrogens is 312 g/mol. The molecule has 1 aliphatic rings. The quantitative estimate of drug-likeness (QED) is 0.873. The molecule has 0 bridgehead atoms. The Morgan fingerprint density at radius 2 is 1.57 bits per heavy atom. The molecule has 0 spiro atoms. The first-order valence-electron chi connectivity index (χ1n) is 6.71. The van der Waals surface area contributed by atoms with Crippen LogP contribution in [0.2, 0.25) is 0 Å². The van der Waals surface area contributed by atoms with E-state index in [4.69, 9.17) is 0 Å². The summed E-state index contributed by atoms with van der Waals surface area (Å²) in [5.41, 5.74) is 0.446. The lowest BCUT2D eigenvalue weighted by molar-refractivity contribution is 0.496. The summed E-state index contributed by atoms with van der Waals surface area (Å²) in [4.78, 5) is 0.250. The van der Waals surface area contributed by atoms with Crippen molar-refractivity contribution in [3.63, 3.8) is 0 Å². The van der Waals surface area contributed by atoms with Crippen molar-refractivity contribution in [3.05, 3.63) is 24.3 Å². The number of nitrogens with zero attached hydrogens (tertiary/aromatic N) is 1. The van der Waals surface area contributed by atoms with Crippen LogP contribution in [-0.4, -0.2) is 48.5 Å². The second kappa shape index (κ2) is 5.94. The van der Waals surface area contributed by atoms with Gasteiger partial charge in [-0.15, -0.1) is 0 Å². The molecule has 8 heteroatoms. The molecule has 0 aromatic heterocycles. The third-order valence-electron chi connectivity index (χ3n) is 3.75. The normalized spacial score (nSPS) is 17.6. The molecule has 118 valence electrons. The minimum absolute atomic E-state index is 0.250. The summed E-state index contributed by atoms with van der Waals surface area (Å²) in [6.45, 7) is 1.41. The van der Waals surface area contributed by atoms with E-state index in [1.807, 2.05) is 0 Å². The van der Waals surface area contributed by atoms with Gasteiger partial charge in [-0.1, -0.05) is 0 Å². The maximum absolute atomic E-state index is 12.5. The highest BCUT2D eigenvalue weighted by molar-refractivity contribution is 7.92. The molecule has 1 saturated heterocycles. The van der Waals surface area contributed by atoms with Crippen LogP contribution >= 0.6 is 0 Å². The Hall–Kier alpha value is -1.12. The number of benzene rings is 1. The number of rotatable bonds is 4. The molecule has 0 radical (unpaired) electrons. The molecule has 0 atom stereocenters. The van der Waals surface area contributed by atoms with Gasteiger partial charge in [-0.25, -0.2) is 16.8 Å². The van der Waals surface area contributed by atoms with Crippen molar-refractivity contribution in [1.82, 2.24) is 5.32 Å². The summed E-state index contributed by atoms with van der Waals surface area (Å²) in [6, 6.07) is 6.01. The number of sulfonamides is 1. The molecular formula is C13H20N2O4S2. The van der Waals surface area contributed by atoms with Crippen molar-refractivity contribution in [3.8, 4) is 0 Å². The average molecular weight is 332 g/mol. The number of anilines is 1. The lowest BCUT2D eigenvalue weighted by Gasteiger charge is -2.23. The van der Waals surface area contributed by atoms with Crippen LogP contribution in [0.4, 0.5) is 5.69 Å². The summed E-state index contributed by atoms with van der Waals surface area (Å²) in [5, 5.41) is 2.78. The molecule has 1 heterocycles. The van der Waals surface area contributed by atoms with Gasteiger partial charge in [0.05, 0.1) is 22.1 Å². The highest BCUT2D eigenvalue weighted by Crippen LogP contribution is 2.25. The Labute approximate surface area is 126 Å². The van der Waals surface area contributed by atoms with Crippen molar-refractivity contribution in [2.45, 2.75) is 23.0 Å². The highest BCUT2D eigenvalue weighted by atomic mass is 32.2. The van der Waals surface area contributed by atoms with E-state index in [0.29, 0.717) is 31.6 Å². The lowest BCUT2D eigenvalue weighted by atomic mass is 10.2. The molecule has 2 rings (SSSR count). The van der Waals surface area contributed by atoms with Crippen LogP contribution in [0.25, 0.3) is 0 Å². The molecule has 1 N–H and O–H groups in total. The van der Waals surface area contributed by atoms with E-state index in [1.54, 1.807) is 0 Å². The third kappa shape index (κ3) is 3.56. The number of hydrogen-bond donors (Lipinski definition) is 1. The summed E-state index contributed by atoms with van der Waals surface area (Å²) < 4.78 is 49.1. The van der Waals surface area contributed by atoms with Gasteiger partial charge in [0, 0.05) is 7.05 Å². The summed E-state index contributed by atoms with van der Waals surface area (Å²) in [7, 11) is -5.26. The Balaban J connectivity index is 2.26. The molecule has 21 heavy (non-hydrogen) atoms. The molecule has 0 aliphatic carbocycles. The van der Waals surface area contributed by atoms with E-state index in [-0.39, 0.29) is 10.1 Å². The smallest absolute Gasteiger partial charge is 0.231 e. The van der Waals surface area contributed by atoms with Crippen LogP contribution in [0.3, 0.4) is 0 Å². The minimum Gasteiger partial charge on any atom is -0.317 e. The van der Waals surface area contributed by atoms with Crippen LogP contribution < -0.4 is 9.62 Å². The largest absolute Gasteiger partial charge is 0.317 e. The standard InChI is InChI=1S/C13H20N2O4S2/c1-15(20(2,16)17)11-3-5-12(6-4-11)21(18,19)13-7-9-14-10-8-13/h3-6,13-14H,7-10H2,1-2H3. The fourth-order valence-corrected chi connectivity index (χ4v) is 4.60. The van der Waals surface area contributed by atoms with Gasteiger partial charge in [0.25, 0.3) is 0 Å². The predicted molar refractivity (Wildman–Crippen MR) is 82.8 cm³/mol. The second-order valence-electron chi connectivity index (χ2n) is 5.22. The third-order valence-corrected chi connectivity index (χ3v) is 7.24. The summed E-state index contributed by atoms with van der Waals surface area (Å²) in [5.74, 6) is 0. The van der Waals surface area contributed by atoms with Crippen molar-refractivity contribution in [2.75, 3.05) is 30.7 Å². The summed E-state index contributed by atoms with van der Waals surface area (Å²) >= 11 is 0. The average Bonchev–Trinajstić information content (AvgIpc) is 2.46. The molecule has 0 saturated carbocycles. The van der Waals surface area contributed by atoms with Gasteiger partial charge in [-0.3, -0.25) is 4.31 Å². The van der Waals surface area contributed by atoms with E-state index in [2.05, 4.69) is 5.32 Å². The van der Waals surface area contributed by atoms with Crippen molar-refractivity contribution >= 4 is 25.5 Å². The first-order valence-corrected chi connectivity index (χ1v) is 10.1. The molecule has 1 aromatic rings. The van der Waals surface area contributed by atoms with Crippen molar-refractivity contribution < 1.29 is 16.8 Å². The number of piperidine rings is 1. The minimum atomic E-state index is -3.35. The Morgan fingerprint density at radius 3 is 2.05 bits per heavy atom. The zero-order chi connectivity index (χ0) is 15.7. The highest BCUT2D eigenvalue weighted by Gasteiger charge is 2.28. The molecule has 0 amide bonds. The summed E-state index contributed by atoms with van der Waals surface area (Å²) in [6.07, 6.45) is 2.31. The van der Waals surface area contributed by atoms with Gasteiger partial charge in [0.2, 0.25) is 10.0 Å². The fourth-order valence-electron chi connectivity index (χ4n) is 2.34. The number of sulfone groups is 1. The zero-order valence-electron chi connectivity index (χ0n) is 12.1. The molecule has 6 nitrogen and oxygen atoms in total. The number of hydrogen-bond acceptors (Lipinski definition) is 5. The Bertz CT molecular complexity index is 690. The SMILES string of the molecule is CN(c1ccc(S(=O)(=O)C2CCNCC2)cc1)S(C)(=O)=O. The van der Waals surface area contributed by atoms with E-state index in [0.717, 1.165) is 10.6 Å². The van der Waals surface area contributed by atoms with Crippen LogP contribution in [0.5, 0.6) is 0 Å². The van der Waals surface area contributed by atoms with Crippen LogP contribution in [-0.2, 0) is 19.9 Å². The maximum Gasteiger partial charge on any atom is 0.231 e. The molecule has 1 fully saturated rings. The molecule has 1 aliphatic heterocycles. The maximum atomic E-state index is 12.5. The van der Waals surface area contributed by atoms with Gasteiger partial charge in [0.1, 0.15) is 0 Å². The van der Waals surface area contributed by atoms with Gasteiger partial charge in [-0.2, -0.15) is 0 Å². The zero-order valence-corrected chi connectivity index (χ0v) is 13.7. The monoisotopic (exact) mass is 332 g/mol. The topological polar surface area (TPSA) is 83.6 Å². The van der Waals surface area contributed by atoms with Gasteiger partial charge >= 0.3 is 0 Å². The number of nitrogens with one attached hydrogen (secondary N) is 1. The van der Waals surface area contributed by atoms with Crippen LogP contribution in [0.1, 0.15) is 12.8 Å². The predicted octanol–water partition coefficient (Wildman–Crippen LogP) is 0.608. The molecule has 1 aromatic carbocycles. The second-order valence-corrected chi connectivity index (χ2v) is 9.46. The van der Waals surface area contributed by atoms with Crippen LogP contribution in [0, 0.1) is 0 Å². The van der Waals surface area contributed by atoms with E-state index >= 15 is 0 Å². The van der Waals surface area contributed by atoms with Gasteiger partial charge in [0.15, 0.2) is 9.84 Å². The fraction of sp³-hybridized carbons (Fsp3) is 0.538. The first-order chi connectivity index (χ1) is 9.73. The lowest BCUT2D eigenvalue weighted by Crippen LogP contribution is -2.35. The first kappa shape index (κ1) is 16.3. The van der Waals surface area contributed by atoms with Crippen LogP contribution in [0.15, 0.2) is 29.2 Å².